The van der Waals surface area contributed by atoms with Crippen LogP contribution in [0.2, 0.25) is 10.0 Å². The second-order valence-corrected chi connectivity index (χ2v) is 9.45. The van der Waals surface area contributed by atoms with Gasteiger partial charge in [0.05, 0.1) is 22.0 Å². The summed E-state index contributed by atoms with van der Waals surface area (Å²) in [5, 5.41) is 6.97. The Morgan fingerprint density at radius 2 is 1.60 bits per heavy atom. The molecule has 4 rings (SSSR count). The quantitative estimate of drug-likeness (QED) is 0.446. The minimum Gasteiger partial charge on any atom is -0.366 e. The van der Waals surface area contributed by atoms with Crippen molar-refractivity contribution < 1.29 is 9.59 Å². The molecule has 0 aliphatic carbocycles. The standard InChI is InChI=1S/C26H24Cl2N4O2S/c1-17-6-11-20(21(28)16-17)24(33)30-26(35)29-22-4-2-3-5-23(22)31-12-14-32(15-13-31)25(34)18-7-9-19(27)10-8-18/h2-11,16H,12-15H2,1H3,(H2,29,30,33,35). The van der Waals surface area contributed by atoms with Crippen LogP contribution in [0.5, 0.6) is 0 Å². The van der Waals surface area contributed by atoms with Crippen molar-refractivity contribution in [2.75, 3.05) is 36.4 Å². The lowest BCUT2D eigenvalue weighted by atomic mass is 10.1. The van der Waals surface area contributed by atoms with E-state index in [4.69, 9.17) is 35.4 Å². The molecule has 35 heavy (non-hydrogen) atoms. The number of nitrogens with one attached hydrogen (secondary N) is 2. The molecule has 6 nitrogen and oxygen atoms in total. The van der Waals surface area contributed by atoms with Crippen molar-refractivity contribution in [1.29, 1.82) is 0 Å². The minimum absolute atomic E-state index is 0.00798. The molecular formula is C26H24Cl2N4O2S. The van der Waals surface area contributed by atoms with E-state index in [0.717, 1.165) is 16.9 Å². The third kappa shape index (κ3) is 6.11. The van der Waals surface area contributed by atoms with Crippen LogP contribution in [-0.4, -0.2) is 48.0 Å². The third-order valence-corrected chi connectivity index (χ3v) is 6.52. The summed E-state index contributed by atoms with van der Waals surface area (Å²) in [4.78, 5) is 29.5. The largest absolute Gasteiger partial charge is 0.366 e. The van der Waals surface area contributed by atoms with E-state index in [1.165, 1.54) is 0 Å². The second-order valence-electron chi connectivity index (χ2n) is 8.19. The fourth-order valence-electron chi connectivity index (χ4n) is 3.91. The Bertz CT molecular complexity index is 1260. The fourth-order valence-corrected chi connectivity index (χ4v) is 4.56. The number of amides is 2. The van der Waals surface area contributed by atoms with Crippen molar-refractivity contribution in [3.05, 3.63) is 93.5 Å². The Labute approximate surface area is 219 Å². The number of carbonyl (C=O) groups excluding carboxylic acids is 2. The van der Waals surface area contributed by atoms with Crippen molar-refractivity contribution in [2.24, 2.45) is 0 Å². The summed E-state index contributed by atoms with van der Waals surface area (Å²) < 4.78 is 0. The summed E-state index contributed by atoms with van der Waals surface area (Å²) in [6, 6.07) is 19.9. The summed E-state index contributed by atoms with van der Waals surface area (Å²) >= 11 is 17.5. The van der Waals surface area contributed by atoms with Gasteiger partial charge in [-0.15, -0.1) is 0 Å². The number of anilines is 2. The van der Waals surface area contributed by atoms with Crippen molar-refractivity contribution in [2.45, 2.75) is 6.92 Å². The molecule has 9 heteroatoms. The molecule has 1 aliphatic rings. The van der Waals surface area contributed by atoms with Gasteiger partial charge in [-0.2, -0.15) is 0 Å². The summed E-state index contributed by atoms with van der Waals surface area (Å²) in [6.45, 7) is 4.40. The zero-order valence-corrected chi connectivity index (χ0v) is 21.4. The van der Waals surface area contributed by atoms with Gasteiger partial charge in [0.2, 0.25) is 0 Å². The first-order valence-corrected chi connectivity index (χ1v) is 12.3. The van der Waals surface area contributed by atoms with Gasteiger partial charge in [-0.1, -0.05) is 41.4 Å². The lowest BCUT2D eigenvalue weighted by Crippen LogP contribution is -2.49. The first-order chi connectivity index (χ1) is 16.8. The van der Waals surface area contributed by atoms with Gasteiger partial charge in [-0.3, -0.25) is 14.9 Å². The average molecular weight is 527 g/mol. The lowest BCUT2D eigenvalue weighted by Gasteiger charge is -2.37. The Kier molecular flexibility index (Phi) is 7.90. The van der Waals surface area contributed by atoms with Crippen LogP contribution in [0.25, 0.3) is 0 Å². The SMILES string of the molecule is Cc1ccc(C(=O)NC(=S)Nc2ccccc2N2CCN(C(=O)c3ccc(Cl)cc3)CC2)c(Cl)c1. The Hall–Kier alpha value is -3.13. The van der Waals surface area contributed by atoms with Crippen molar-refractivity contribution >= 4 is 63.7 Å². The van der Waals surface area contributed by atoms with Gasteiger partial charge in [0.1, 0.15) is 0 Å². The number of aryl methyl sites for hydroxylation is 1. The van der Waals surface area contributed by atoms with E-state index >= 15 is 0 Å². The van der Waals surface area contributed by atoms with Crippen molar-refractivity contribution in [3.63, 3.8) is 0 Å². The fraction of sp³-hybridized carbons (Fsp3) is 0.192. The van der Waals surface area contributed by atoms with Crippen LogP contribution in [0, 0.1) is 6.92 Å². The highest BCUT2D eigenvalue weighted by Gasteiger charge is 2.24. The van der Waals surface area contributed by atoms with Crippen LogP contribution < -0.4 is 15.5 Å². The second kappa shape index (κ2) is 11.1. The summed E-state index contributed by atoms with van der Waals surface area (Å²) in [6.07, 6.45) is 0. The highest BCUT2D eigenvalue weighted by atomic mass is 35.5. The van der Waals surface area contributed by atoms with Gasteiger partial charge in [0.15, 0.2) is 5.11 Å². The summed E-state index contributed by atoms with van der Waals surface area (Å²) in [7, 11) is 0. The minimum atomic E-state index is -0.376. The number of carbonyl (C=O) groups is 2. The van der Waals surface area contributed by atoms with Crippen molar-refractivity contribution in [1.82, 2.24) is 10.2 Å². The molecule has 0 atom stereocenters. The Morgan fingerprint density at radius 1 is 0.914 bits per heavy atom. The summed E-state index contributed by atoms with van der Waals surface area (Å²) in [5.41, 5.74) is 3.66. The molecule has 0 saturated carbocycles. The van der Waals surface area contributed by atoms with Gasteiger partial charge in [0, 0.05) is 36.8 Å². The van der Waals surface area contributed by atoms with E-state index in [0.29, 0.717) is 47.4 Å². The zero-order chi connectivity index (χ0) is 24.9. The maximum atomic E-state index is 12.8. The number of rotatable bonds is 4. The molecule has 1 saturated heterocycles. The molecular weight excluding hydrogens is 503 g/mol. The first-order valence-electron chi connectivity index (χ1n) is 11.1. The molecule has 1 heterocycles. The van der Waals surface area contributed by atoms with E-state index in [9.17, 15) is 9.59 Å². The number of hydrogen-bond acceptors (Lipinski definition) is 4. The van der Waals surface area contributed by atoms with Crippen LogP contribution in [0.4, 0.5) is 11.4 Å². The average Bonchev–Trinajstić information content (AvgIpc) is 2.84. The zero-order valence-electron chi connectivity index (χ0n) is 19.1. The molecule has 2 N–H and O–H groups in total. The molecule has 1 aliphatic heterocycles. The molecule has 2 amide bonds. The molecule has 3 aromatic rings. The van der Waals surface area contributed by atoms with Crippen LogP contribution in [-0.2, 0) is 0 Å². The first kappa shape index (κ1) is 25.0. The van der Waals surface area contributed by atoms with E-state index in [2.05, 4.69) is 15.5 Å². The highest BCUT2D eigenvalue weighted by molar-refractivity contribution is 7.80. The predicted octanol–water partition coefficient (Wildman–Crippen LogP) is 5.39. The molecule has 1 fully saturated rings. The van der Waals surface area contributed by atoms with Gasteiger partial charge >= 0.3 is 0 Å². The monoisotopic (exact) mass is 526 g/mol. The molecule has 0 aromatic heterocycles. The number of thiocarbonyl (C=S) groups is 1. The predicted molar refractivity (Wildman–Crippen MR) is 146 cm³/mol. The van der Waals surface area contributed by atoms with Gasteiger partial charge in [-0.05, 0) is 73.2 Å². The van der Waals surface area contributed by atoms with Crippen molar-refractivity contribution in [3.8, 4) is 0 Å². The van der Waals surface area contributed by atoms with Crippen LogP contribution in [0.15, 0.2) is 66.7 Å². The molecule has 3 aromatic carbocycles. The van der Waals surface area contributed by atoms with Gasteiger partial charge in [-0.25, -0.2) is 0 Å². The molecule has 0 spiro atoms. The number of halogens is 2. The van der Waals surface area contributed by atoms with E-state index < -0.39 is 0 Å². The number of benzene rings is 3. The van der Waals surface area contributed by atoms with E-state index in [1.54, 1.807) is 36.4 Å². The number of para-hydroxylation sites is 2. The van der Waals surface area contributed by atoms with E-state index in [1.807, 2.05) is 42.2 Å². The smallest absolute Gasteiger partial charge is 0.258 e. The number of piperazine rings is 1. The Morgan fingerprint density at radius 3 is 2.29 bits per heavy atom. The van der Waals surface area contributed by atoms with Crippen LogP contribution in [0.3, 0.4) is 0 Å². The molecule has 180 valence electrons. The van der Waals surface area contributed by atoms with Crippen LogP contribution in [0.1, 0.15) is 26.3 Å². The molecule has 0 radical (unpaired) electrons. The lowest BCUT2D eigenvalue weighted by molar-refractivity contribution is 0.0746. The third-order valence-electron chi connectivity index (χ3n) is 5.75. The Balaban J connectivity index is 1.38. The van der Waals surface area contributed by atoms with Crippen LogP contribution >= 0.6 is 35.4 Å². The number of nitrogens with zero attached hydrogens (tertiary/aromatic N) is 2. The van der Waals surface area contributed by atoms with Gasteiger partial charge < -0.3 is 15.1 Å². The molecule has 0 unspecified atom stereocenters. The highest BCUT2D eigenvalue weighted by Crippen LogP contribution is 2.27. The topological polar surface area (TPSA) is 64.7 Å². The maximum absolute atomic E-state index is 12.8. The molecule has 0 bridgehead atoms. The summed E-state index contributed by atoms with van der Waals surface area (Å²) in [5.74, 6) is -0.384. The maximum Gasteiger partial charge on any atom is 0.258 e. The van der Waals surface area contributed by atoms with E-state index in [-0.39, 0.29) is 16.9 Å². The van der Waals surface area contributed by atoms with Gasteiger partial charge in [0.25, 0.3) is 11.8 Å². The normalized spacial score (nSPS) is 13.3. The number of hydrogen-bond donors (Lipinski definition) is 2.